The van der Waals surface area contributed by atoms with E-state index in [4.69, 9.17) is 0 Å². The molecule has 8 nitrogen and oxygen atoms in total. The predicted molar refractivity (Wildman–Crippen MR) is 102 cm³/mol. The van der Waals surface area contributed by atoms with Gasteiger partial charge in [-0.1, -0.05) is 13.8 Å². The minimum atomic E-state index is -0.484. The summed E-state index contributed by atoms with van der Waals surface area (Å²) in [7, 11) is 0. The lowest BCUT2D eigenvalue weighted by molar-refractivity contribution is -0.384. The van der Waals surface area contributed by atoms with Crippen LogP contribution >= 0.6 is 0 Å². The van der Waals surface area contributed by atoms with Gasteiger partial charge >= 0.3 is 0 Å². The minimum Gasteiger partial charge on any atom is -0.351 e. The van der Waals surface area contributed by atoms with Crippen LogP contribution in [-0.4, -0.2) is 51.5 Å². The predicted octanol–water partition coefficient (Wildman–Crippen LogP) is 2.49. The van der Waals surface area contributed by atoms with E-state index < -0.39 is 4.92 Å². The number of benzene rings is 1. The molecule has 1 fully saturated rings. The molecular formula is C19H25N5O3. The highest BCUT2D eigenvalue weighted by Gasteiger charge is 2.22. The number of aromatic nitrogens is 2. The Kier molecular flexibility index (Phi) is 5.85. The molecule has 8 heteroatoms. The maximum atomic E-state index is 12.4. The number of hydrogen-bond donors (Lipinski definition) is 1. The van der Waals surface area contributed by atoms with Gasteiger partial charge in [0.1, 0.15) is 5.69 Å². The van der Waals surface area contributed by atoms with Crippen molar-refractivity contribution in [2.45, 2.75) is 20.3 Å². The number of nitrogens with zero attached hydrogens (tertiary/aromatic N) is 4. The number of likely N-dealkylation sites (tertiary alicyclic amines) is 1. The van der Waals surface area contributed by atoms with Gasteiger partial charge in [0.05, 0.1) is 11.3 Å². The van der Waals surface area contributed by atoms with E-state index in [1.54, 1.807) is 29.1 Å². The summed E-state index contributed by atoms with van der Waals surface area (Å²) in [5.74, 6) is 1.04. The van der Waals surface area contributed by atoms with E-state index in [0.717, 1.165) is 19.6 Å². The maximum absolute atomic E-state index is 12.4. The fraction of sp³-hybridized carbons (Fsp3) is 0.474. The van der Waals surface area contributed by atoms with Crippen molar-refractivity contribution in [3.05, 3.63) is 52.6 Å². The van der Waals surface area contributed by atoms with Gasteiger partial charge in [-0.05, 0) is 30.4 Å². The molecule has 1 aliphatic heterocycles. The molecule has 0 aliphatic carbocycles. The Bertz CT molecular complexity index is 796. The maximum Gasteiger partial charge on any atom is 0.294 e. The number of hydrogen-bond acceptors (Lipinski definition) is 5. The highest BCUT2D eigenvalue weighted by molar-refractivity contribution is 5.95. The van der Waals surface area contributed by atoms with E-state index >= 15 is 0 Å². The van der Waals surface area contributed by atoms with Crippen LogP contribution < -0.4 is 5.32 Å². The van der Waals surface area contributed by atoms with Crippen LogP contribution in [0.4, 0.5) is 5.69 Å². The van der Waals surface area contributed by atoms with Gasteiger partial charge in [-0.3, -0.25) is 14.9 Å². The second-order valence-corrected chi connectivity index (χ2v) is 7.39. The third-order valence-corrected chi connectivity index (χ3v) is 4.87. The van der Waals surface area contributed by atoms with Gasteiger partial charge in [-0.25, -0.2) is 4.98 Å². The summed E-state index contributed by atoms with van der Waals surface area (Å²) in [5, 5.41) is 14.3. The van der Waals surface area contributed by atoms with Crippen molar-refractivity contribution >= 4 is 11.6 Å². The van der Waals surface area contributed by atoms with Gasteiger partial charge in [0.25, 0.3) is 11.6 Å². The monoisotopic (exact) mass is 371 g/mol. The molecule has 1 aliphatic rings. The van der Waals surface area contributed by atoms with Crippen LogP contribution in [0.2, 0.25) is 0 Å². The quantitative estimate of drug-likeness (QED) is 0.622. The number of piperidine rings is 1. The lowest BCUT2D eigenvalue weighted by Gasteiger charge is -2.34. The van der Waals surface area contributed by atoms with Crippen molar-refractivity contribution < 1.29 is 9.72 Å². The second-order valence-electron chi connectivity index (χ2n) is 7.39. The van der Waals surface area contributed by atoms with Crippen LogP contribution in [0, 0.1) is 22.0 Å². The highest BCUT2D eigenvalue weighted by Crippen LogP contribution is 2.24. The van der Waals surface area contributed by atoms with Crippen molar-refractivity contribution in [1.29, 1.82) is 0 Å². The number of imidazole rings is 1. The zero-order valence-electron chi connectivity index (χ0n) is 15.7. The summed E-state index contributed by atoms with van der Waals surface area (Å²) in [6, 6.07) is 4.49. The van der Waals surface area contributed by atoms with E-state index in [0.29, 0.717) is 24.1 Å². The Morgan fingerprint density at radius 2 is 2.07 bits per heavy atom. The van der Waals surface area contributed by atoms with Gasteiger partial charge in [0.15, 0.2) is 0 Å². The molecule has 1 aromatic heterocycles. The van der Waals surface area contributed by atoms with Crippen molar-refractivity contribution in [3.8, 4) is 5.69 Å². The fourth-order valence-electron chi connectivity index (χ4n) is 3.84. The molecule has 2 heterocycles. The number of nitrogens with one attached hydrogen (secondary N) is 1. The Hall–Kier alpha value is -2.74. The molecule has 2 atom stereocenters. The van der Waals surface area contributed by atoms with Gasteiger partial charge < -0.3 is 14.8 Å². The number of carbonyl (C=O) groups is 1. The Balaban J connectivity index is 1.63. The second kappa shape index (κ2) is 8.30. The van der Waals surface area contributed by atoms with E-state index in [-0.39, 0.29) is 17.2 Å². The fourth-order valence-corrected chi connectivity index (χ4v) is 3.84. The minimum absolute atomic E-state index is 0.126. The lowest BCUT2D eigenvalue weighted by atomic mass is 9.92. The number of amides is 1. The van der Waals surface area contributed by atoms with Gasteiger partial charge in [-0.2, -0.15) is 0 Å². The smallest absolute Gasteiger partial charge is 0.294 e. The molecule has 0 radical (unpaired) electrons. The van der Waals surface area contributed by atoms with Crippen LogP contribution in [0.25, 0.3) is 5.69 Å². The summed E-state index contributed by atoms with van der Waals surface area (Å²) in [6.07, 6.45) is 5.91. The first kappa shape index (κ1) is 19.0. The van der Waals surface area contributed by atoms with Crippen LogP contribution in [0.5, 0.6) is 0 Å². The van der Waals surface area contributed by atoms with Gasteiger partial charge in [0, 0.05) is 50.2 Å². The first-order valence-corrected chi connectivity index (χ1v) is 9.21. The van der Waals surface area contributed by atoms with Crippen LogP contribution in [0.15, 0.2) is 36.9 Å². The SMILES string of the molecule is CC1CC(C)CN(CCNC(=O)c2ccc(-n3ccnc3)c([N+](=O)[O-])c2)C1. The number of nitro benzene ring substituents is 1. The molecule has 1 saturated heterocycles. The van der Waals surface area contributed by atoms with Crippen LogP contribution in [-0.2, 0) is 0 Å². The average Bonchev–Trinajstić information content (AvgIpc) is 3.14. The van der Waals surface area contributed by atoms with Crippen molar-refractivity contribution in [1.82, 2.24) is 19.8 Å². The molecule has 1 aromatic carbocycles. The molecule has 0 bridgehead atoms. The third-order valence-electron chi connectivity index (χ3n) is 4.87. The van der Waals surface area contributed by atoms with Gasteiger partial charge in [0.2, 0.25) is 0 Å². The van der Waals surface area contributed by atoms with Crippen LogP contribution in [0.1, 0.15) is 30.6 Å². The van der Waals surface area contributed by atoms with Crippen molar-refractivity contribution in [2.75, 3.05) is 26.2 Å². The normalized spacial score (nSPS) is 20.4. The number of nitro groups is 1. The van der Waals surface area contributed by atoms with E-state index in [1.807, 2.05) is 0 Å². The summed E-state index contributed by atoms with van der Waals surface area (Å²) in [4.78, 5) is 29.6. The summed E-state index contributed by atoms with van der Waals surface area (Å²) in [6.45, 7) is 7.91. The standard InChI is InChI=1S/C19H25N5O3/c1-14-9-15(2)12-22(11-14)7-6-21-19(25)16-3-4-17(18(10-16)24(26)27)23-8-5-20-13-23/h3-5,8,10,13-15H,6-7,9,11-12H2,1-2H3,(H,21,25). The lowest BCUT2D eigenvalue weighted by Crippen LogP contribution is -2.42. The van der Waals surface area contributed by atoms with Crippen LogP contribution in [0.3, 0.4) is 0 Å². The largest absolute Gasteiger partial charge is 0.351 e. The molecule has 2 unspecified atom stereocenters. The molecule has 1 amide bonds. The van der Waals surface area contributed by atoms with E-state index in [2.05, 4.69) is 29.0 Å². The van der Waals surface area contributed by atoms with Crippen molar-refractivity contribution in [2.24, 2.45) is 11.8 Å². The van der Waals surface area contributed by atoms with E-state index in [1.165, 1.54) is 18.8 Å². The first-order valence-electron chi connectivity index (χ1n) is 9.21. The zero-order valence-corrected chi connectivity index (χ0v) is 15.7. The molecule has 0 spiro atoms. The highest BCUT2D eigenvalue weighted by atomic mass is 16.6. The molecule has 0 saturated carbocycles. The number of rotatable bonds is 6. The Morgan fingerprint density at radius 1 is 1.33 bits per heavy atom. The summed E-state index contributed by atoms with van der Waals surface area (Å²) >= 11 is 0. The molecule has 144 valence electrons. The topological polar surface area (TPSA) is 93.3 Å². The Morgan fingerprint density at radius 3 is 2.70 bits per heavy atom. The average molecular weight is 371 g/mol. The Labute approximate surface area is 158 Å². The van der Waals surface area contributed by atoms with Gasteiger partial charge in [-0.15, -0.1) is 0 Å². The summed E-state index contributed by atoms with van der Waals surface area (Å²) in [5.41, 5.74) is 0.538. The first-order chi connectivity index (χ1) is 12.9. The summed E-state index contributed by atoms with van der Waals surface area (Å²) < 4.78 is 1.55. The molecule has 3 rings (SSSR count). The molecule has 1 N–H and O–H groups in total. The molecular weight excluding hydrogens is 346 g/mol. The van der Waals surface area contributed by atoms with E-state index in [9.17, 15) is 14.9 Å². The van der Waals surface area contributed by atoms with Crippen molar-refractivity contribution in [3.63, 3.8) is 0 Å². The molecule has 2 aromatic rings. The zero-order chi connectivity index (χ0) is 19.4. The third kappa shape index (κ3) is 4.71. The number of carbonyl (C=O) groups excluding carboxylic acids is 1. The molecule has 27 heavy (non-hydrogen) atoms.